The number of hydrogen-bond acceptors (Lipinski definition) is 4. The normalized spacial score (nSPS) is 20.9. The Bertz CT molecular complexity index is 1360. The van der Waals surface area contributed by atoms with Crippen molar-refractivity contribution in [2.45, 2.75) is 44.0 Å². The predicted molar refractivity (Wildman–Crippen MR) is 127 cm³/mol. The molecule has 3 atom stereocenters. The van der Waals surface area contributed by atoms with E-state index < -0.39 is 15.5 Å². The van der Waals surface area contributed by atoms with Gasteiger partial charge in [-0.15, -0.1) is 0 Å². The third-order valence-corrected chi connectivity index (χ3v) is 8.63. The summed E-state index contributed by atoms with van der Waals surface area (Å²) in [5.74, 6) is -0.787. The summed E-state index contributed by atoms with van der Waals surface area (Å²) in [6.45, 7) is 3.57. The first-order valence-electron chi connectivity index (χ1n) is 11.2. The van der Waals surface area contributed by atoms with Crippen molar-refractivity contribution in [2.24, 2.45) is 5.92 Å². The number of fused-ring (bicyclic) bond motifs is 2. The van der Waals surface area contributed by atoms with E-state index in [2.05, 4.69) is 17.1 Å². The lowest BCUT2D eigenvalue weighted by Gasteiger charge is -2.26. The third kappa shape index (κ3) is 3.74. The number of nitrogens with one attached hydrogen (secondary N) is 1. The molecule has 1 amide bonds. The van der Waals surface area contributed by atoms with E-state index in [1.54, 1.807) is 18.0 Å². The van der Waals surface area contributed by atoms with Gasteiger partial charge in [0.1, 0.15) is 5.82 Å². The lowest BCUT2D eigenvalue weighted by atomic mass is 10.0. The fraction of sp³-hybridized carbons (Fsp3) is 0.308. The Morgan fingerprint density at radius 3 is 2.64 bits per heavy atom. The number of pyridine rings is 1. The summed E-state index contributed by atoms with van der Waals surface area (Å²) in [5.41, 5.74) is 5.59. The van der Waals surface area contributed by atoms with Gasteiger partial charge in [0.2, 0.25) is 5.91 Å². The summed E-state index contributed by atoms with van der Waals surface area (Å²) in [7, 11) is -3.23. The van der Waals surface area contributed by atoms with Crippen LogP contribution in [0.5, 0.6) is 0 Å². The number of carbonyl (C=O) groups excluding carboxylic acids is 1. The Morgan fingerprint density at radius 1 is 1.12 bits per heavy atom. The quantitative estimate of drug-likeness (QED) is 0.591. The fourth-order valence-corrected chi connectivity index (χ4v) is 6.03. The summed E-state index contributed by atoms with van der Waals surface area (Å²) in [4.78, 5) is 19.7. The van der Waals surface area contributed by atoms with Crippen LogP contribution in [-0.2, 0) is 33.8 Å². The number of aromatic nitrogens is 1. The molecular formula is C26H26FN3O2S. The van der Waals surface area contributed by atoms with Crippen LogP contribution in [0.4, 0.5) is 10.1 Å². The monoisotopic (exact) mass is 463 g/mol. The minimum absolute atomic E-state index is 0.00220. The molecule has 7 heteroatoms. The van der Waals surface area contributed by atoms with E-state index in [-0.39, 0.29) is 28.5 Å². The maximum Gasteiger partial charge on any atom is 0.231 e. The van der Waals surface area contributed by atoms with E-state index in [0.29, 0.717) is 24.9 Å². The number of halogens is 1. The molecule has 2 aromatic carbocycles. The SMILES string of the molecule is CCS(=N)(=O)c1cc2c(cc1F)CC(C)N2C(=O)[C@@H]1Cc2ccc(-c3ccccn3)cc2C1. The lowest BCUT2D eigenvalue weighted by molar-refractivity contribution is -0.122. The van der Waals surface area contributed by atoms with Crippen molar-refractivity contribution in [3.8, 4) is 11.3 Å². The second-order valence-corrected chi connectivity index (χ2v) is 11.3. The maximum absolute atomic E-state index is 14.6. The molecule has 33 heavy (non-hydrogen) atoms. The molecule has 0 saturated carbocycles. The average molecular weight is 464 g/mol. The summed E-state index contributed by atoms with van der Waals surface area (Å²) < 4.78 is 35.3. The van der Waals surface area contributed by atoms with Gasteiger partial charge >= 0.3 is 0 Å². The van der Waals surface area contributed by atoms with Crippen molar-refractivity contribution in [3.05, 3.63) is 77.2 Å². The number of anilines is 1. The lowest BCUT2D eigenvalue weighted by Crippen LogP contribution is -2.40. The highest BCUT2D eigenvalue weighted by atomic mass is 32.2. The molecule has 3 aromatic rings. The molecule has 0 radical (unpaired) electrons. The molecule has 0 spiro atoms. The highest BCUT2D eigenvalue weighted by Gasteiger charge is 2.38. The molecule has 5 rings (SSSR count). The fourth-order valence-electron chi connectivity index (χ4n) is 5.05. The number of rotatable bonds is 4. The Balaban J connectivity index is 1.44. The van der Waals surface area contributed by atoms with E-state index >= 15 is 0 Å². The van der Waals surface area contributed by atoms with Crippen molar-refractivity contribution in [1.82, 2.24) is 4.98 Å². The van der Waals surface area contributed by atoms with Gasteiger partial charge in [-0.1, -0.05) is 25.1 Å². The second kappa shape index (κ2) is 8.06. The van der Waals surface area contributed by atoms with Crippen LogP contribution in [0.25, 0.3) is 11.3 Å². The van der Waals surface area contributed by atoms with Crippen molar-refractivity contribution >= 4 is 21.3 Å². The minimum atomic E-state index is -3.23. The van der Waals surface area contributed by atoms with Crippen molar-refractivity contribution in [2.75, 3.05) is 10.7 Å². The first-order chi connectivity index (χ1) is 15.8. The summed E-state index contributed by atoms with van der Waals surface area (Å²) in [5, 5.41) is 0. The summed E-state index contributed by atoms with van der Waals surface area (Å²) >= 11 is 0. The first kappa shape index (κ1) is 21.8. The highest BCUT2D eigenvalue weighted by Crippen LogP contribution is 2.39. The van der Waals surface area contributed by atoms with Gasteiger partial charge in [0.25, 0.3) is 0 Å². The molecule has 0 fully saturated rings. The van der Waals surface area contributed by atoms with Gasteiger partial charge in [-0.2, -0.15) is 0 Å². The zero-order valence-electron chi connectivity index (χ0n) is 18.7. The van der Waals surface area contributed by atoms with Crippen LogP contribution in [0.3, 0.4) is 0 Å². The molecule has 1 aliphatic heterocycles. The van der Waals surface area contributed by atoms with Crippen LogP contribution in [-0.4, -0.2) is 26.9 Å². The van der Waals surface area contributed by atoms with Gasteiger partial charge in [-0.3, -0.25) is 9.78 Å². The van der Waals surface area contributed by atoms with E-state index in [0.717, 1.165) is 22.4 Å². The molecule has 170 valence electrons. The first-order valence-corrected chi connectivity index (χ1v) is 13.0. The van der Waals surface area contributed by atoms with E-state index in [9.17, 15) is 13.4 Å². The molecule has 5 nitrogen and oxygen atoms in total. The predicted octanol–water partition coefficient (Wildman–Crippen LogP) is 5.01. The Hall–Kier alpha value is -3.06. The van der Waals surface area contributed by atoms with Crippen LogP contribution in [0.15, 0.2) is 59.6 Å². The average Bonchev–Trinajstić information content (AvgIpc) is 3.38. The molecule has 0 bridgehead atoms. The number of carbonyl (C=O) groups is 1. The molecule has 1 N–H and O–H groups in total. The highest BCUT2D eigenvalue weighted by molar-refractivity contribution is 7.92. The molecule has 2 aliphatic rings. The Morgan fingerprint density at radius 2 is 1.91 bits per heavy atom. The van der Waals surface area contributed by atoms with Gasteiger partial charge < -0.3 is 4.90 Å². The largest absolute Gasteiger partial charge is 0.309 e. The zero-order chi connectivity index (χ0) is 23.3. The smallest absolute Gasteiger partial charge is 0.231 e. The van der Waals surface area contributed by atoms with Gasteiger partial charge in [0.15, 0.2) is 0 Å². The molecule has 2 unspecified atom stereocenters. The van der Waals surface area contributed by atoms with Gasteiger partial charge in [-0.05, 0) is 73.2 Å². The van der Waals surface area contributed by atoms with E-state index in [1.807, 2.05) is 31.2 Å². The molecule has 1 aliphatic carbocycles. The molecular weight excluding hydrogens is 437 g/mol. The second-order valence-electron chi connectivity index (χ2n) is 8.94. The molecule has 0 saturated heterocycles. The van der Waals surface area contributed by atoms with Crippen LogP contribution >= 0.6 is 0 Å². The standard InChI is InChI=1S/C26H26FN3O2S/c1-3-33(28,32)25-15-24-20(14-22(25)27)10-16(2)30(24)26(31)21-11-17-7-8-18(12-19(17)13-21)23-6-4-5-9-29-23/h4-9,12,14-16,21,28H,3,10-11,13H2,1-2H3/t16?,21-,33?/m1/s1. The Labute approximate surface area is 193 Å². The van der Waals surface area contributed by atoms with Gasteiger partial charge in [0, 0.05) is 35.2 Å². The van der Waals surface area contributed by atoms with E-state index in [1.165, 1.54) is 17.7 Å². The van der Waals surface area contributed by atoms with Crippen LogP contribution < -0.4 is 4.90 Å². The van der Waals surface area contributed by atoms with Crippen LogP contribution in [0, 0.1) is 16.5 Å². The zero-order valence-corrected chi connectivity index (χ0v) is 19.5. The molecule has 2 heterocycles. The third-order valence-electron chi connectivity index (χ3n) is 6.80. The maximum atomic E-state index is 14.6. The number of amides is 1. The minimum Gasteiger partial charge on any atom is -0.309 e. The van der Waals surface area contributed by atoms with Gasteiger partial charge in [-0.25, -0.2) is 13.4 Å². The Kier molecular flexibility index (Phi) is 5.32. The van der Waals surface area contributed by atoms with Crippen LogP contribution in [0.2, 0.25) is 0 Å². The van der Waals surface area contributed by atoms with E-state index in [4.69, 9.17) is 4.78 Å². The topological polar surface area (TPSA) is 74.1 Å². The van der Waals surface area contributed by atoms with Crippen molar-refractivity contribution < 1.29 is 13.4 Å². The van der Waals surface area contributed by atoms with Crippen molar-refractivity contribution in [1.29, 1.82) is 4.78 Å². The number of hydrogen-bond donors (Lipinski definition) is 1. The van der Waals surface area contributed by atoms with Crippen molar-refractivity contribution in [3.63, 3.8) is 0 Å². The number of benzene rings is 2. The summed E-state index contributed by atoms with van der Waals surface area (Å²) in [6.07, 6.45) is 3.62. The molecule has 1 aromatic heterocycles. The van der Waals surface area contributed by atoms with Gasteiger partial charge in [0.05, 0.1) is 20.3 Å². The number of nitrogens with zero attached hydrogens (tertiary/aromatic N) is 2. The van der Waals surface area contributed by atoms with Crippen LogP contribution in [0.1, 0.15) is 30.5 Å². The summed E-state index contributed by atoms with van der Waals surface area (Å²) in [6, 6.07) is 14.8.